The molecule has 1 rings (SSSR count). The highest BCUT2D eigenvalue weighted by atomic mass is 79.9. The molecule has 0 aromatic heterocycles. The van der Waals surface area contributed by atoms with Gasteiger partial charge in [-0.1, -0.05) is 15.9 Å². The van der Waals surface area contributed by atoms with Crippen molar-refractivity contribution >= 4 is 39.8 Å². The van der Waals surface area contributed by atoms with Crippen LogP contribution in [0.5, 0.6) is 0 Å². The van der Waals surface area contributed by atoms with Gasteiger partial charge in [0.05, 0.1) is 16.2 Å². The maximum Gasteiger partial charge on any atom is 0.311 e. The molecule has 1 saturated heterocycles. The molecule has 0 aliphatic carbocycles. The summed E-state index contributed by atoms with van der Waals surface area (Å²) >= 11 is 3.34. The first-order valence-corrected chi connectivity index (χ1v) is 11.7. The second-order valence-corrected chi connectivity index (χ2v) is 12.1. The fourth-order valence-corrected chi connectivity index (χ4v) is 3.25. The molecular weight excluding hydrogens is 500 g/mol. The highest BCUT2D eigenvalue weighted by molar-refractivity contribution is 9.09. The molecule has 0 radical (unpaired) electrons. The van der Waals surface area contributed by atoms with Gasteiger partial charge in [0.25, 0.3) is 0 Å². The smallest absolute Gasteiger partial charge is 0.311 e. The highest BCUT2D eigenvalue weighted by Gasteiger charge is 2.53. The Hall–Kier alpha value is -1.68. The van der Waals surface area contributed by atoms with Crippen molar-refractivity contribution in [3.05, 3.63) is 0 Å². The van der Waals surface area contributed by atoms with E-state index >= 15 is 0 Å². The summed E-state index contributed by atoms with van der Waals surface area (Å²) < 4.78 is 28.1. The molecule has 0 aromatic rings. The molecule has 0 spiro atoms. The van der Waals surface area contributed by atoms with Gasteiger partial charge in [-0.2, -0.15) is 0 Å². The Morgan fingerprint density at radius 1 is 0.697 bits per heavy atom. The van der Waals surface area contributed by atoms with Crippen molar-refractivity contribution in [3.63, 3.8) is 0 Å². The van der Waals surface area contributed by atoms with E-state index in [-0.39, 0.29) is 6.61 Å². The number of rotatable bonds is 5. The molecule has 0 bridgehead atoms. The van der Waals surface area contributed by atoms with Crippen LogP contribution in [0.4, 0.5) is 0 Å². The van der Waals surface area contributed by atoms with Crippen molar-refractivity contribution < 1.29 is 42.9 Å². The Kier molecular flexibility index (Phi) is 9.53. The van der Waals surface area contributed by atoms with Crippen molar-refractivity contribution in [2.24, 2.45) is 16.2 Å². The van der Waals surface area contributed by atoms with E-state index in [1.54, 1.807) is 62.3 Å². The quantitative estimate of drug-likeness (QED) is 0.295. The van der Waals surface area contributed by atoms with E-state index in [0.717, 1.165) is 0 Å². The second-order valence-electron chi connectivity index (χ2n) is 11.2. The SMILES string of the molecule is CC(=O)O[C@@H]1[C@H](OC(=O)C(C)(C)C)[C@@H](OC(=O)C(C)(C)C)[C@@H](Br)O[C@@H]1COC(=O)C(C)(C)C. The normalized spacial score (nSPS) is 26.2. The van der Waals surface area contributed by atoms with E-state index in [2.05, 4.69) is 15.9 Å². The van der Waals surface area contributed by atoms with Crippen LogP contribution in [0, 0.1) is 16.2 Å². The Labute approximate surface area is 204 Å². The van der Waals surface area contributed by atoms with E-state index in [1.807, 2.05) is 0 Å². The lowest BCUT2D eigenvalue weighted by atomic mass is 9.94. The molecule has 0 saturated carbocycles. The summed E-state index contributed by atoms with van der Waals surface area (Å²) in [6.07, 6.45) is -4.49. The predicted octanol–water partition coefficient (Wildman–Crippen LogP) is 3.54. The molecule has 0 N–H and O–H groups in total. The van der Waals surface area contributed by atoms with Crippen molar-refractivity contribution in [1.82, 2.24) is 0 Å². The van der Waals surface area contributed by atoms with Crippen LogP contribution in [0.15, 0.2) is 0 Å². The molecule has 9 nitrogen and oxygen atoms in total. The van der Waals surface area contributed by atoms with E-state index in [9.17, 15) is 19.2 Å². The lowest BCUT2D eigenvalue weighted by Crippen LogP contribution is -2.62. The number of alkyl halides is 1. The van der Waals surface area contributed by atoms with Crippen molar-refractivity contribution in [2.75, 3.05) is 6.61 Å². The average Bonchev–Trinajstić information content (AvgIpc) is 2.61. The number of carbonyl (C=O) groups excluding carboxylic acids is 4. The van der Waals surface area contributed by atoms with Crippen LogP contribution in [-0.2, 0) is 42.9 Å². The summed E-state index contributed by atoms with van der Waals surface area (Å²) in [6.45, 7) is 16.1. The summed E-state index contributed by atoms with van der Waals surface area (Å²) in [7, 11) is 0. The monoisotopic (exact) mass is 536 g/mol. The van der Waals surface area contributed by atoms with Gasteiger partial charge in [-0.05, 0) is 62.3 Å². The van der Waals surface area contributed by atoms with E-state index in [0.29, 0.717) is 0 Å². The summed E-state index contributed by atoms with van der Waals surface area (Å²) in [5.74, 6) is -2.30. The first-order valence-electron chi connectivity index (χ1n) is 10.8. The van der Waals surface area contributed by atoms with Gasteiger partial charge in [-0.3, -0.25) is 19.2 Å². The van der Waals surface area contributed by atoms with Gasteiger partial charge < -0.3 is 23.7 Å². The van der Waals surface area contributed by atoms with Crippen LogP contribution in [0.1, 0.15) is 69.2 Å². The number of hydrogen-bond acceptors (Lipinski definition) is 9. The lowest BCUT2D eigenvalue weighted by molar-refractivity contribution is -0.242. The van der Waals surface area contributed by atoms with E-state index in [4.69, 9.17) is 23.7 Å². The highest BCUT2D eigenvalue weighted by Crippen LogP contribution is 2.34. The van der Waals surface area contributed by atoms with Crippen LogP contribution < -0.4 is 0 Å². The molecule has 10 heteroatoms. The molecule has 1 fully saturated rings. The van der Waals surface area contributed by atoms with Crippen LogP contribution in [0.25, 0.3) is 0 Å². The molecule has 1 aliphatic heterocycles. The van der Waals surface area contributed by atoms with Gasteiger partial charge in [0.1, 0.15) is 12.7 Å². The molecule has 33 heavy (non-hydrogen) atoms. The molecule has 1 heterocycles. The first kappa shape index (κ1) is 29.4. The molecule has 0 aromatic carbocycles. The number of ether oxygens (including phenoxy) is 5. The van der Waals surface area contributed by atoms with Gasteiger partial charge in [-0.15, -0.1) is 0 Å². The third-order valence-electron chi connectivity index (χ3n) is 4.58. The number of hydrogen-bond donors (Lipinski definition) is 0. The third kappa shape index (κ3) is 8.55. The minimum atomic E-state index is -1.21. The fraction of sp³-hybridized carbons (Fsp3) is 0.826. The predicted molar refractivity (Wildman–Crippen MR) is 122 cm³/mol. The molecule has 0 unspecified atom stereocenters. The van der Waals surface area contributed by atoms with Crippen molar-refractivity contribution in [2.45, 2.75) is 98.7 Å². The molecule has 5 atom stereocenters. The van der Waals surface area contributed by atoms with Crippen LogP contribution >= 0.6 is 15.9 Å². The first-order chi connectivity index (χ1) is 14.7. The zero-order chi connectivity index (χ0) is 25.9. The second kappa shape index (κ2) is 10.7. The van der Waals surface area contributed by atoms with Gasteiger partial charge in [0.2, 0.25) is 0 Å². The Morgan fingerprint density at radius 3 is 1.52 bits per heavy atom. The number of esters is 4. The van der Waals surface area contributed by atoms with Gasteiger partial charge in [-0.25, -0.2) is 0 Å². The molecule has 1 aliphatic rings. The Morgan fingerprint density at radius 2 is 1.12 bits per heavy atom. The standard InChI is InChI=1S/C23H37BrO9/c1-12(25)30-14-13(11-29-18(26)21(2,3)4)31-17(24)16(33-20(28)23(8,9)10)15(14)32-19(27)22(5,6)7/h13-17H,11H2,1-10H3/t13-,14+,15+,16-,17+/m1/s1. The Bertz CT molecular complexity index is 743. The van der Waals surface area contributed by atoms with Gasteiger partial charge in [0, 0.05) is 6.92 Å². The zero-order valence-electron chi connectivity index (χ0n) is 21.1. The van der Waals surface area contributed by atoms with Gasteiger partial charge in [0.15, 0.2) is 23.3 Å². The molecule has 0 amide bonds. The lowest BCUT2D eigenvalue weighted by Gasteiger charge is -2.44. The molecule has 190 valence electrons. The average molecular weight is 537 g/mol. The number of halogens is 1. The summed E-state index contributed by atoms with van der Waals surface area (Å²) in [6, 6.07) is 0. The Balaban J connectivity index is 3.34. The summed E-state index contributed by atoms with van der Waals surface area (Å²) in [4.78, 5) is 49.6. The topological polar surface area (TPSA) is 114 Å². The molecular formula is C23H37BrO9. The van der Waals surface area contributed by atoms with Crippen molar-refractivity contribution in [3.8, 4) is 0 Å². The van der Waals surface area contributed by atoms with Crippen molar-refractivity contribution in [1.29, 1.82) is 0 Å². The minimum absolute atomic E-state index is 0.264. The van der Waals surface area contributed by atoms with Crippen LogP contribution in [0.2, 0.25) is 0 Å². The zero-order valence-corrected chi connectivity index (χ0v) is 22.7. The summed E-state index contributed by atoms with van der Waals surface area (Å²) in [5, 5.41) is -0.924. The van der Waals surface area contributed by atoms with Gasteiger partial charge >= 0.3 is 23.9 Å². The third-order valence-corrected chi connectivity index (χ3v) is 5.32. The van der Waals surface area contributed by atoms with Crippen LogP contribution in [0.3, 0.4) is 0 Å². The maximum atomic E-state index is 12.8. The van der Waals surface area contributed by atoms with Crippen LogP contribution in [-0.4, -0.2) is 59.9 Å². The summed E-state index contributed by atoms with van der Waals surface area (Å²) in [5.41, 5.74) is -2.49. The minimum Gasteiger partial charge on any atom is -0.462 e. The van der Waals surface area contributed by atoms with E-state index < -0.39 is 69.6 Å². The fourth-order valence-electron chi connectivity index (χ4n) is 2.57. The number of carbonyl (C=O) groups is 4. The van der Waals surface area contributed by atoms with E-state index in [1.165, 1.54) is 6.92 Å². The maximum absolute atomic E-state index is 12.8. The largest absolute Gasteiger partial charge is 0.462 e.